The topological polar surface area (TPSA) is 70.1 Å². The molecule has 0 bridgehead atoms. The van der Waals surface area contributed by atoms with Gasteiger partial charge in [0, 0.05) is 50.8 Å². The van der Waals surface area contributed by atoms with Crippen molar-refractivity contribution in [2.45, 2.75) is 20.4 Å². The fourth-order valence-electron chi connectivity index (χ4n) is 3.43. The van der Waals surface area contributed by atoms with Crippen LogP contribution in [0.5, 0.6) is 0 Å². The molecular formula is C21H25N7. The normalized spacial score (nSPS) is 14.2. The lowest BCUT2D eigenvalue weighted by Gasteiger charge is -2.36. The van der Waals surface area contributed by atoms with Crippen LogP contribution in [0.2, 0.25) is 0 Å². The quantitative estimate of drug-likeness (QED) is 0.735. The first-order valence-corrected chi connectivity index (χ1v) is 9.59. The number of benzene rings is 1. The first kappa shape index (κ1) is 18.2. The number of aryl methyl sites for hydroxylation is 1. The molecule has 7 nitrogen and oxygen atoms in total. The Balaban J connectivity index is 1.39. The van der Waals surface area contributed by atoms with Gasteiger partial charge in [-0.25, -0.2) is 0 Å². The Labute approximate surface area is 165 Å². The predicted octanol–water partition coefficient (Wildman–Crippen LogP) is 2.82. The summed E-state index contributed by atoms with van der Waals surface area (Å²) in [5.41, 5.74) is 5.17. The third-order valence-corrected chi connectivity index (χ3v) is 5.25. The fraction of sp³-hybridized carbons (Fsp3) is 0.333. The molecule has 1 fully saturated rings. The molecule has 3 heterocycles. The second-order valence-corrected chi connectivity index (χ2v) is 7.04. The maximum Gasteiger partial charge on any atom is 0.247 e. The lowest BCUT2D eigenvalue weighted by molar-refractivity contribution is 0.634. The number of hydrogen-bond donors (Lipinski definition) is 1. The molecule has 0 atom stereocenters. The van der Waals surface area contributed by atoms with E-state index in [1.807, 2.05) is 12.1 Å². The number of nitrogens with zero attached hydrogens (tertiary/aromatic N) is 6. The van der Waals surface area contributed by atoms with Crippen LogP contribution in [0.3, 0.4) is 0 Å². The van der Waals surface area contributed by atoms with Crippen molar-refractivity contribution in [3.63, 3.8) is 0 Å². The summed E-state index contributed by atoms with van der Waals surface area (Å²) in [6.07, 6.45) is 5.24. The van der Waals surface area contributed by atoms with Crippen molar-refractivity contribution in [3.8, 4) is 0 Å². The molecule has 144 valence electrons. The third kappa shape index (κ3) is 4.03. The maximum absolute atomic E-state index is 4.65. The zero-order valence-electron chi connectivity index (χ0n) is 16.3. The molecule has 0 amide bonds. The Kier molecular flexibility index (Phi) is 5.32. The summed E-state index contributed by atoms with van der Waals surface area (Å²) in [6, 6.07) is 10.5. The molecule has 28 heavy (non-hydrogen) atoms. The highest BCUT2D eigenvalue weighted by Gasteiger charge is 2.21. The van der Waals surface area contributed by atoms with Crippen LogP contribution in [0.4, 0.5) is 17.5 Å². The highest BCUT2D eigenvalue weighted by Crippen LogP contribution is 2.24. The van der Waals surface area contributed by atoms with Gasteiger partial charge in [0.05, 0.1) is 6.20 Å². The number of piperazine rings is 1. The Hall–Kier alpha value is -3.22. The molecule has 1 saturated heterocycles. The van der Waals surface area contributed by atoms with Gasteiger partial charge in [-0.15, -0.1) is 5.10 Å². The van der Waals surface area contributed by atoms with Gasteiger partial charge < -0.3 is 15.1 Å². The molecular weight excluding hydrogens is 350 g/mol. The number of aromatic nitrogens is 4. The van der Waals surface area contributed by atoms with Crippen molar-refractivity contribution in [1.82, 2.24) is 20.2 Å². The lowest BCUT2D eigenvalue weighted by atomic mass is 10.1. The van der Waals surface area contributed by atoms with Crippen molar-refractivity contribution in [1.29, 1.82) is 0 Å². The zero-order valence-corrected chi connectivity index (χ0v) is 16.3. The molecule has 0 spiro atoms. The maximum atomic E-state index is 4.65. The Bertz CT molecular complexity index is 921. The Morgan fingerprint density at radius 2 is 1.71 bits per heavy atom. The highest BCUT2D eigenvalue weighted by atomic mass is 15.4. The first-order chi connectivity index (χ1) is 13.7. The smallest absolute Gasteiger partial charge is 0.247 e. The summed E-state index contributed by atoms with van der Waals surface area (Å²) < 4.78 is 0. The molecule has 0 aliphatic carbocycles. The van der Waals surface area contributed by atoms with Gasteiger partial charge in [0.25, 0.3) is 0 Å². The molecule has 7 heteroatoms. The summed E-state index contributed by atoms with van der Waals surface area (Å²) in [5.74, 6) is 1.42. The second kappa shape index (κ2) is 8.21. The standard InChI is InChI=1S/C21H25N7/c1-16-4-3-5-19(17(16)2)27-10-12-28(13-11-27)21-25-20(15-24-26-21)23-14-18-6-8-22-9-7-18/h3-9,15H,10-14H2,1-2H3,(H,23,25,26). The van der Waals surface area contributed by atoms with Crippen LogP contribution in [0.25, 0.3) is 0 Å². The molecule has 1 aliphatic rings. The van der Waals surface area contributed by atoms with E-state index in [-0.39, 0.29) is 0 Å². The van der Waals surface area contributed by atoms with Gasteiger partial charge in [-0.2, -0.15) is 10.1 Å². The summed E-state index contributed by atoms with van der Waals surface area (Å²) in [7, 11) is 0. The highest BCUT2D eigenvalue weighted by molar-refractivity contribution is 5.57. The van der Waals surface area contributed by atoms with Gasteiger partial charge in [0.2, 0.25) is 5.95 Å². The van der Waals surface area contributed by atoms with E-state index in [2.05, 4.69) is 67.3 Å². The summed E-state index contributed by atoms with van der Waals surface area (Å²) in [6.45, 7) is 8.69. The molecule has 3 aromatic rings. The van der Waals surface area contributed by atoms with E-state index >= 15 is 0 Å². The van der Waals surface area contributed by atoms with Crippen LogP contribution < -0.4 is 15.1 Å². The van der Waals surface area contributed by atoms with Gasteiger partial charge in [-0.05, 0) is 48.7 Å². The van der Waals surface area contributed by atoms with Crippen molar-refractivity contribution < 1.29 is 0 Å². The number of pyridine rings is 1. The van der Waals surface area contributed by atoms with Crippen LogP contribution >= 0.6 is 0 Å². The first-order valence-electron chi connectivity index (χ1n) is 9.59. The van der Waals surface area contributed by atoms with Crippen LogP contribution in [-0.4, -0.2) is 46.3 Å². The van der Waals surface area contributed by atoms with Crippen molar-refractivity contribution in [2.24, 2.45) is 0 Å². The second-order valence-electron chi connectivity index (χ2n) is 7.04. The minimum atomic E-state index is 0.681. The molecule has 0 saturated carbocycles. The average Bonchev–Trinajstić information content (AvgIpc) is 2.75. The molecule has 2 aromatic heterocycles. The van der Waals surface area contributed by atoms with Crippen LogP contribution in [0.15, 0.2) is 48.9 Å². The number of rotatable bonds is 5. The minimum Gasteiger partial charge on any atom is -0.368 e. The van der Waals surface area contributed by atoms with E-state index in [0.29, 0.717) is 12.5 Å². The van der Waals surface area contributed by atoms with Gasteiger partial charge in [-0.1, -0.05) is 12.1 Å². The average molecular weight is 375 g/mol. The van der Waals surface area contributed by atoms with Gasteiger partial charge in [0.1, 0.15) is 0 Å². The third-order valence-electron chi connectivity index (χ3n) is 5.25. The molecule has 0 radical (unpaired) electrons. The fourth-order valence-corrected chi connectivity index (χ4v) is 3.43. The predicted molar refractivity (Wildman–Crippen MR) is 112 cm³/mol. The van der Waals surface area contributed by atoms with Gasteiger partial charge in [-0.3, -0.25) is 4.98 Å². The van der Waals surface area contributed by atoms with Crippen molar-refractivity contribution >= 4 is 17.5 Å². The molecule has 1 aliphatic heterocycles. The molecule has 4 rings (SSSR count). The van der Waals surface area contributed by atoms with Crippen LogP contribution in [0.1, 0.15) is 16.7 Å². The van der Waals surface area contributed by atoms with E-state index in [0.717, 1.165) is 37.6 Å². The molecule has 1 N–H and O–H groups in total. The van der Waals surface area contributed by atoms with Crippen molar-refractivity contribution in [3.05, 3.63) is 65.6 Å². The van der Waals surface area contributed by atoms with Crippen LogP contribution in [0, 0.1) is 13.8 Å². The summed E-state index contributed by atoms with van der Waals surface area (Å²) in [4.78, 5) is 13.3. The van der Waals surface area contributed by atoms with E-state index in [1.54, 1.807) is 18.6 Å². The SMILES string of the molecule is Cc1cccc(N2CCN(c3nncc(NCc4ccncc4)n3)CC2)c1C. The van der Waals surface area contributed by atoms with E-state index in [1.165, 1.54) is 16.8 Å². The monoisotopic (exact) mass is 375 g/mol. The molecule has 1 aromatic carbocycles. The number of hydrogen-bond acceptors (Lipinski definition) is 7. The van der Waals surface area contributed by atoms with E-state index in [9.17, 15) is 0 Å². The van der Waals surface area contributed by atoms with Gasteiger partial charge >= 0.3 is 0 Å². The van der Waals surface area contributed by atoms with Crippen molar-refractivity contribution in [2.75, 3.05) is 41.3 Å². The molecule has 0 unspecified atom stereocenters. The van der Waals surface area contributed by atoms with Gasteiger partial charge in [0.15, 0.2) is 5.82 Å². The number of anilines is 3. The minimum absolute atomic E-state index is 0.681. The Morgan fingerprint density at radius 1 is 0.964 bits per heavy atom. The van der Waals surface area contributed by atoms with Crippen LogP contribution in [-0.2, 0) is 6.54 Å². The summed E-state index contributed by atoms with van der Waals surface area (Å²) >= 11 is 0. The lowest BCUT2D eigenvalue weighted by Crippen LogP contribution is -2.47. The van der Waals surface area contributed by atoms with E-state index < -0.39 is 0 Å². The number of nitrogens with one attached hydrogen (secondary N) is 1. The Morgan fingerprint density at radius 3 is 2.50 bits per heavy atom. The largest absolute Gasteiger partial charge is 0.368 e. The zero-order chi connectivity index (χ0) is 19.3. The summed E-state index contributed by atoms with van der Waals surface area (Å²) in [5, 5.41) is 11.7. The van der Waals surface area contributed by atoms with E-state index in [4.69, 9.17) is 0 Å².